The van der Waals surface area contributed by atoms with Gasteiger partial charge in [0, 0.05) is 25.5 Å². The fourth-order valence-electron chi connectivity index (χ4n) is 3.06. The summed E-state index contributed by atoms with van der Waals surface area (Å²) in [6.45, 7) is 5.15. The predicted octanol–water partition coefficient (Wildman–Crippen LogP) is 3.47. The highest BCUT2D eigenvalue weighted by atomic mass is 16.5. The van der Waals surface area contributed by atoms with E-state index >= 15 is 0 Å². The second kappa shape index (κ2) is 6.94. The first-order chi connectivity index (χ1) is 9.22. The summed E-state index contributed by atoms with van der Waals surface area (Å²) in [7, 11) is 1.74. The zero-order valence-corrected chi connectivity index (χ0v) is 12.4. The van der Waals surface area contributed by atoms with Crippen LogP contribution in [0.4, 0.5) is 5.95 Å². The maximum absolute atomic E-state index is 5.23. The van der Waals surface area contributed by atoms with Crippen LogP contribution in [0.5, 0.6) is 0 Å². The fraction of sp³-hybridized carbons (Fsp3) is 0.800. The van der Waals surface area contributed by atoms with Crippen LogP contribution in [0.25, 0.3) is 0 Å². The van der Waals surface area contributed by atoms with E-state index in [1.54, 1.807) is 7.11 Å². The minimum atomic E-state index is 0.313. The second-order valence-electron chi connectivity index (χ2n) is 5.79. The monoisotopic (exact) mass is 265 g/mol. The van der Waals surface area contributed by atoms with Crippen molar-refractivity contribution in [3.8, 4) is 0 Å². The van der Waals surface area contributed by atoms with E-state index in [2.05, 4.69) is 28.7 Å². The van der Waals surface area contributed by atoms with Crippen LogP contribution < -0.4 is 5.32 Å². The number of anilines is 1. The van der Waals surface area contributed by atoms with E-state index in [1.807, 2.05) is 12.4 Å². The Morgan fingerprint density at radius 1 is 1.37 bits per heavy atom. The van der Waals surface area contributed by atoms with Crippen LogP contribution in [-0.2, 0) is 4.74 Å². The van der Waals surface area contributed by atoms with E-state index in [9.17, 15) is 0 Å². The lowest BCUT2D eigenvalue weighted by molar-refractivity contribution is 0.163. The van der Waals surface area contributed by atoms with Crippen molar-refractivity contribution in [2.75, 3.05) is 19.0 Å². The molecule has 2 unspecified atom stereocenters. The van der Waals surface area contributed by atoms with Crippen molar-refractivity contribution < 1.29 is 4.74 Å². The minimum Gasteiger partial charge on any atom is -0.383 e. The van der Waals surface area contributed by atoms with E-state index < -0.39 is 0 Å². The summed E-state index contributed by atoms with van der Waals surface area (Å²) in [6.07, 6.45) is 10.8. The third-order valence-electron chi connectivity index (χ3n) is 4.27. The largest absolute Gasteiger partial charge is 0.383 e. The topological polar surface area (TPSA) is 39.1 Å². The average molecular weight is 265 g/mol. The van der Waals surface area contributed by atoms with Gasteiger partial charge in [0.25, 0.3) is 0 Å². The molecule has 1 aliphatic rings. The quantitative estimate of drug-likeness (QED) is 0.856. The number of nitrogens with one attached hydrogen (secondary N) is 1. The Morgan fingerprint density at radius 3 is 2.79 bits per heavy atom. The van der Waals surface area contributed by atoms with E-state index in [0.29, 0.717) is 18.7 Å². The zero-order valence-electron chi connectivity index (χ0n) is 12.4. The van der Waals surface area contributed by atoms with E-state index in [1.165, 1.54) is 32.1 Å². The van der Waals surface area contributed by atoms with E-state index in [-0.39, 0.29) is 0 Å². The Balaban J connectivity index is 1.96. The van der Waals surface area contributed by atoms with Crippen molar-refractivity contribution in [3.63, 3.8) is 0 Å². The van der Waals surface area contributed by atoms with Crippen LogP contribution >= 0.6 is 0 Å². The molecule has 0 amide bonds. The van der Waals surface area contributed by atoms with Crippen LogP contribution in [-0.4, -0.2) is 29.3 Å². The molecule has 19 heavy (non-hydrogen) atoms. The standard InChI is InChI=1S/C15H27N3O/c1-12(11-19-3)18-10-9-16-15(18)17-13(2)14-7-5-4-6-8-14/h9-10,12-14H,4-8,11H2,1-3H3,(H,16,17). The molecule has 1 N–H and O–H groups in total. The third kappa shape index (κ3) is 3.72. The molecule has 108 valence electrons. The number of rotatable bonds is 6. The van der Waals surface area contributed by atoms with Gasteiger partial charge < -0.3 is 14.6 Å². The number of imidazole rings is 1. The lowest BCUT2D eigenvalue weighted by atomic mass is 9.85. The molecular weight excluding hydrogens is 238 g/mol. The van der Waals surface area contributed by atoms with Crippen LogP contribution in [0.3, 0.4) is 0 Å². The van der Waals surface area contributed by atoms with Gasteiger partial charge in [0.1, 0.15) is 0 Å². The SMILES string of the molecule is COCC(C)n1ccnc1NC(C)C1CCCCC1. The first-order valence-corrected chi connectivity index (χ1v) is 7.50. The maximum atomic E-state index is 5.23. The summed E-state index contributed by atoms with van der Waals surface area (Å²) in [5.74, 6) is 1.76. The summed E-state index contributed by atoms with van der Waals surface area (Å²) in [6, 6.07) is 0.810. The number of ether oxygens (including phenoxy) is 1. The van der Waals surface area contributed by atoms with Crippen molar-refractivity contribution in [3.05, 3.63) is 12.4 Å². The van der Waals surface area contributed by atoms with Gasteiger partial charge >= 0.3 is 0 Å². The molecule has 2 rings (SSSR count). The fourth-order valence-corrected chi connectivity index (χ4v) is 3.06. The van der Waals surface area contributed by atoms with Crippen molar-refractivity contribution in [1.82, 2.24) is 9.55 Å². The number of methoxy groups -OCH3 is 1. The molecule has 4 nitrogen and oxygen atoms in total. The summed E-state index contributed by atoms with van der Waals surface area (Å²) in [5.41, 5.74) is 0. The summed E-state index contributed by atoms with van der Waals surface area (Å²) in [5, 5.41) is 3.60. The third-order valence-corrected chi connectivity index (χ3v) is 4.27. The van der Waals surface area contributed by atoms with Crippen molar-refractivity contribution >= 4 is 5.95 Å². The average Bonchev–Trinajstić information content (AvgIpc) is 2.88. The van der Waals surface area contributed by atoms with Gasteiger partial charge in [-0.25, -0.2) is 4.98 Å². The predicted molar refractivity (Wildman–Crippen MR) is 78.5 cm³/mol. The van der Waals surface area contributed by atoms with E-state index in [4.69, 9.17) is 4.74 Å². The molecular formula is C15H27N3O. The van der Waals surface area contributed by atoms with Crippen LogP contribution in [0.15, 0.2) is 12.4 Å². The smallest absolute Gasteiger partial charge is 0.203 e. The Bertz CT molecular complexity index is 371. The Labute approximate surface area is 116 Å². The summed E-state index contributed by atoms with van der Waals surface area (Å²) in [4.78, 5) is 4.45. The molecule has 0 aliphatic heterocycles. The van der Waals surface area contributed by atoms with Gasteiger partial charge in [-0.1, -0.05) is 19.3 Å². The summed E-state index contributed by atoms with van der Waals surface area (Å²) >= 11 is 0. The van der Waals surface area contributed by atoms with Crippen molar-refractivity contribution in [2.24, 2.45) is 5.92 Å². The summed E-state index contributed by atoms with van der Waals surface area (Å²) < 4.78 is 7.40. The van der Waals surface area contributed by atoms with Gasteiger partial charge in [-0.2, -0.15) is 0 Å². The molecule has 0 saturated heterocycles. The van der Waals surface area contributed by atoms with Gasteiger partial charge in [-0.15, -0.1) is 0 Å². The van der Waals surface area contributed by atoms with Crippen LogP contribution in [0, 0.1) is 5.92 Å². The normalized spacial score (nSPS) is 20.2. The number of hydrogen-bond donors (Lipinski definition) is 1. The molecule has 1 aromatic rings. The number of hydrogen-bond acceptors (Lipinski definition) is 3. The van der Waals surface area contributed by atoms with Gasteiger partial charge in [0.2, 0.25) is 5.95 Å². The first-order valence-electron chi connectivity index (χ1n) is 7.50. The van der Waals surface area contributed by atoms with Crippen molar-refractivity contribution in [2.45, 2.75) is 58.0 Å². The van der Waals surface area contributed by atoms with E-state index in [0.717, 1.165) is 11.9 Å². The lowest BCUT2D eigenvalue weighted by Gasteiger charge is -2.29. The number of nitrogens with zero attached hydrogens (tertiary/aromatic N) is 2. The minimum absolute atomic E-state index is 0.313. The molecule has 0 radical (unpaired) electrons. The molecule has 0 bridgehead atoms. The molecule has 0 aromatic carbocycles. The molecule has 0 spiro atoms. The molecule has 2 atom stereocenters. The molecule has 1 aliphatic carbocycles. The first kappa shape index (κ1) is 14.4. The molecule has 4 heteroatoms. The van der Waals surface area contributed by atoms with Gasteiger partial charge in [0.15, 0.2) is 0 Å². The van der Waals surface area contributed by atoms with Gasteiger partial charge in [-0.05, 0) is 32.6 Å². The molecule has 1 saturated carbocycles. The van der Waals surface area contributed by atoms with Crippen molar-refractivity contribution in [1.29, 1.82) is 0 Å². The highest BCUT2D eigenvalue weighted by Gasteiger charge is 2.21. The van der Waals surface area contributed by atoms with Gasteiger partial charge in [0.05, 0.1) is 12.6 Å². The van der Waals surface area contributed by atoms with Crippen LogP contribution in [0.1, 0.15) is 52.0 Å². The molecule has 1 aromatic heterocycles. The number of aromatic nitrogens is 2. The Morgan fingerprint density at radius 2 is 2.11 bits per heavy atom. The van der Waals surface area contributed by atoms with Gasteiger partial charge in [-0.3, -0.25) is 0 Å². The highest BCUT2D eigenvalue weighted by molar-refractivity contribution is 5.28. The highest BCUT2D eigenvalue weighted by Crippen LogP contribution is 2.28. The van der Waals surface area contributed by atoms with Crippen LogP contribution in [0.2, 0.25) is 0 Å². The lowest BCUT2D eigenvalue weighted by Crippen LogP contribution is -2.29. The zero-order chi connectivity index (χ0) is 13.7. The second-order valence-corrected chi connectivity index (χ2v) is 5.79. The Kier molecular flexibility index (Phi) is 5.25. The maximum Gasteiger partial charge on any atom is 0.203 e. The molecule has 1 fully saturated rings. The molecule has 1 heterocycles. The Hall–Kier alpha value is -1.03.